The van der Waals surface area contributed by atoms with Crippen molar-refractivity contribution in [3.63, 3.8) is 0 Å². The number of rotatable bonds is 4. The second-order valence-electron chi connectivity index (χ2n) is 4.84. The van der Waals surface area contributed by atoms with Crippen molar-refractivity contribution in [2.75, 3.05) is 11.9 Å². The average Bonchev–Trinajstić information content (AvgIpc) is 2.98. The van der Waals surface area contributed by atoms with Gasteiger partial charge in [-0.1, -0.05) is 18.2 Å². The fourth-order valence-corrected chi connectivity index (χ4v) is 3.33. The minimum atomic E-state index is -0.166. The van der Waals surface area contributed by atoms with Gasteiger partial charge in [-0.15, -0.1) is 11.3 Å². The molecule has 20 heavy (non-hydrogen) atoms. The number of fused-ring (bicyclic) bond motifs is 1. The molecule has 5 heteroatoms. The first-order valence-corrected chi connectivity index (χ1v) is 7.51. The maximum atomic E-state index is 11.9. The number of nitrogens with one attached hydrogen (secondary N) is 1. The number of thiazole rings is 1. The average molecular weight is 288 g/mol. The van der Waals surface area contributed by atoms with Crippen molar-refractivity contribution < 1.29 is 9.53 Å². The molecule has 1 aromatic heterocycles. The van der Waals surface area contributed by atoms with Crippen LogP contribution < -0.4 is 10.1 Å². The second-order valence-corrected chi connectivity index (χ2v) is 5.93. The zero-order valence-corrected chi connectivity index (χ0v) is 12.1. The van der Waals surface area contributed by atoms with E-state index in [4.69, 9.17) is 4.74 Å². The Morgan fingerprint density at radius 1 is 1.40 bits per heavy atom. The molecule has 0 bridgehead atoms. The normalized spacial score (nSPS) is 13.1. The van der Waals surface area contributed by atoms with Crippen LogP contribution in [0, 0.1) is 6.92 Å². The van der Waals surface area contributed by atoms with Crippen LogP contribution >= 0.6 is 11.3 Å². The van der Waals surface area contributed by atoms with Crippen LogP contribution in [-0.2, 0) is 17.6 Å². The van der Waals surface area contributed by atoms with Gasteiger partial charge in [0.2, 0.25) is 0 Å². The molecular formula is C15H16N2O2S. The van der Waals surface area contributed by atoms with Crippen LogP contribution in [0.5, 0.6) is 5.75 Å². The van der Waals surface area contributed by atoms with Crippen molar-refractivity contribution in [2.24, 2.45) is 0 Å². The van der Waals surface area contributed by atoms with Crippen LogP contribution in [0.4, 0.5) is 5.13 Å². The third-order valence-electron chi connectivity index (χ3n) is 3.29. The molecule has 0 fully saturated rings. The predicted octanol–water partition coefficient (Wildman–Crippen LogP) is 2.96. The van der Waals surface area contributed by atoms with Gasteiger partial charge in [0.1, 0.15) is 5.75 Å². The van der Waals surface area contributed by atoms with Crippen molar-refractivity contribution in [1.29, 1.82) is 0 Å². The quantitative estimate of drug-likeness (QED) is 0.941. The number of benzene rings is 1. The molecule has 0 atom stereocenters. The third kappa shape index (κ3) is 2.82. The number of hydrogen-bond donors (Lipinski definition) is 1. The minimum absolute atomic E-state index is 0.00903. The minimum Gasteiger partial charge on any atom is -0.483 e. The van der Waals surface area contributed by atoms with Gasteiger partial charge in [0, 0.05) is 4.88 Å². The molecule has 0 spiro atoms. The highest BCUT2D eigenvalue weighted by molar-refractivity contribution is 7.15. The maximum absolute atomic E-state index is 11.9. The number of aryl methyl sites for hydroxylation is 3. The molecular weight excluding hydrogens is 272 g/mol. The number of nitrogens with zero attached hydrogens (tertiary/aromatic N) is 1. The Morgan fingerprint density at radius 2 is 2.25 bits per heavy atom. The fourth-order valence-electron chi connectivity index (χ4n) is 2.26. The van der Waals surface area contributed by atoms with Gasteiger partial charge in [0.15, 0.2) is 11.7 Å². The van der Waals surface area contributed by atoms with E-state index in [-0.39, 0.29) is 12.5 Å². The van der Waals surface area contributed by atoms with Gasteiger partial charge in [0.05, 0.1) is 5.69 Å². The first kappa shape index (κ1) is 13.1. The van der Waals surface area contributed by atoms with E-state index in [9.17, 15) is 4.79 Å². The smallest absolute Gasteiger partial charge is 0.264 e. The van der Waals surface area contributed by atoms with Crippen LogP contribution in [0.3, 0.4) is 0 Å². The first-order chi connectivity index (χ1) is 9.72. The summed E-state index contributed by atoms with van der Waals surface area (Å²) in [6.45, 7) is 1.97. The van der Waals surface area contributed by atoms with Crippen molar-refractivity contribution in [1.82, 2.24) is 4.98 Å². The zero-order valence-electron chi connectivity index (χ0n) is 11.3. The highest BCUT2D eigenvalue weighted by Gasteiger charge is 2.17. The first-order valence-electron chi connectivity index (χ1n) is 6.69. The Morgan fingerprint density at radius 3 is 3.05 bits per heavy atom. The fraction of sp³-hybridized carbons (Fsp3) is 0.333. The molecule has 1 aliphatic rings. The molecule has 4 nitrogen and oxygen atoms in total. The molecule has 1 amide bonds. The lowest BCUT2D eigenvalue weighted by atomic mass is 10.2. The largest absolute Gasteiger partial charge is 0.483 e. The Hall–Kier alpha value is -1.88. The monoisotopic (exact) mass is 288 g/mol. The molecule has 104 valence electrons. The molecule has 0 unspecified atom stereocenters. The van der Waals surface area contributed by atoms with Crippen LogP contribution in [0.2, 0.25) is 0 Å². The Bertz CT molecular complexity index is 615. The number of ether oxygens (including phenoxy) is 1. The predicted molar refractivity (Wildman–Crippen MR) is 79.4 cm³/mol. The van der Waals surface area contributed by atoms with E-state index in [2.05, 4.69) is 10.3 Å². The van der Waals surface area contributed by atoms with Crippen LogP contribution in [-0.4, -0.2) is 17.5 Å². The van der Waals surface area contributed by atoms with Gasteiger partial charge in [0.25, 0.3) is 5.91 Å². The Labute approximate surface area is 121 Å². The molecule has 0 aliphatic heterocycles. The van der Waals surface area contributed by atoms with E-state index in [0.717, 1.165) is 29.8 Å². The summed E-state index contributed by atoms with van der Waals surface area (Å²) in [7, 11) is 0. The van der Waals surface area contributed by atoms with Crippen LogP contribution in [0.1, 0.15) is 22.6 Å². The van der Waals surface area contributed by atoms with Crippen LogP contribution in [0.15, 0.2) is 24.3 Å². The maximum Gasteiger partial charge on any atom is 0.264 e. The summed E-state index contributed by atoms with van der Waals surface area (Å²) in [5, 5.41) is 3.49. The van der Waals surface area contributed by atoms with E-state index in [0.29, 0.717) is 5.13 Å². The SMILES string of the molecule is Cc1ccccc1OCC(=O)Nc1nc2c(s1)CCC2. The third-order valence-corrected chi connectivity index (χ3v) is 4.37. The second kappa shape index (κ2) is 5.63. The zero-order chi connectivity index (χ0) is 13.9. The van der Waals surface area contributed by atoms with Crippen molar-refractivity contribution in [2.45, 2.75) is 26.2 Å². The highest BCUT2D eigenvalue weighted by atomic mass is 32.1. The number of amides is 1. The molecule has 1 aliphatic carbocycles. The van der Waals surface area contributed by atoms with Gasteiger partial charge >= 0.3 is 0 Å². The molecule has 0 saturated heterocycles. The standard InChI is InChI=1S/C15H16N2O2S/c1-10-5-2-3-7-12(10)19-9-14(18)17-15-16-11-6-4-8-13(11)20-15/h2-3,5,7H,4,6,8-9H2,1H3,(H,16,17,18). The molecule has 0 radical (unpaired) electrons. The molecule has 2 aromatic rings. The number of para-hydroxylation sites is 1. The summed E-state index contributed by atoms with van der Waals surface area (Å²) in [4.78, 5) is 17.6. The molecule has 1 N–H and O–H groups in total. The lowest BCUT2D eigenvalue weighted by molar-refractivity contribution is -0.118. The van der Waals surface area contributed by atoms with Crippen molar-refractivity contribution >= 4 is 22.4 Å². The summed E-state index contributed by atoms with van der Waals surface area (Å²) in [6.07, 6.45) is 3.29. The number of aromatic nitrogens is 1. The van der Waals surface area contributed by atoms with E-state index in [1.54, 1.807) is 11.3 Å². The number of anilines is 1. The van der Waals surface area contributed by atoms with Gasteiger partial charge in [-0.2, -0.15) is 0 Å². The van der Waals surface area contributed by atoms with Gasteiger partial charge in [-0.3, -0.25) is 10.1 Å². The van der Waals surface area contributed by atoms with Gasteiger partial charge < -0.3 is 4.74 Å². The van der Waals surface area contributed by atoms with E-state index in [1.165, 1.54) is 11.3 Å². The van der Waals surface area contributed by atoms with Crippen molar-refractivity contribution in [3.05, 3.63) is 40.4 Å². The molecule has 1 heterocycles. The summed E-state index contributed by atoms with van der Waals surface area (Å²) in [5.41, 5.74) is 2.17. The molecule has 0 saturated carbocycles. The summed E-state index contributed by atoms with van der Waals surface area (Å²) in [6, 6.07) is 7.66. The summed E-state index contributed by atoms with van der Waals surface area (Å²) < 4.78 is 5.51. The summed E-state index contributed by atoms with van der Waals surface area (Å²) >= 11 is 1.58. The Kier molecular flexibility index (Phi) is 3.69. The Balaban J connectivity index is 1.56. The lowest BCUT2D eigenvalue weighted by Gasteiger charge is -2.08. The van der Waals surface area contributed by atoms with E-state index < -0.39 is 0 Å². The highest BCUT2D eigenvalue weighted by Crippen LogP contribution is 2.30. The van der Waals surface area contributed by atoms with Gasteiger partial charge in [-0.05, 0) is 37.8 Å². The van der Waals surface area contributed by atoms with E-state index in [1.807, 2.05) is 31.2 Å². The van der Waals surface area contributed by atoms with Gasteiger partial charge in [-0.25, -0.2) is 4.98 Å². The van der Waals surface area contributed by atoms with Crippen LogP contribution in [0.25, 0.3) is 0 Å². The summed E-state index contributed by atoms with van der Waals surface area (Å²) in [5.74, 6) is 0.574. The number of carbonyl (C=O) groups is 1. The topological polar surface area (TPSA) is 51.2 Å². The van der Waals surface area contributed by atoms with Crippen molar-refractivity contribution in [3.8, 4) is 5.75 Å². The molecule has 1 aromatic carbocycles. The molecule has 3 rings (SSSR count). The number of hydrogen-bond acceptors (Lipinski definition) is 4. The number of carbonyl (C=O) groups excluding carboxylic acids is 1. The van der Waals surface area contributed by atoms with E-state index >= 15 is 0 Å². The lowest BCUT2D eigenvalue weighted by Crippen LogP contribution is -2.20.